The van der Waals surface area contributed by atoms with Gasteiger partial charge in [-0.05, 0) is 70.6 Å². The molecule has 164 valence electrons. The molecule has 0 N–H and O–H groups in total. The molecule has 0 fully saturated rings. The standard InChI is InChI=1S/C27H32O4/c1-17(14-20-8-11-24(30-18(2)28)25(15-20)31-19(3)29)21-9-10-22-23(16-21)27(6,7)13-12-26(22,4)5/h8-11,14-16H,12-13H2,1-7H3/b17-14-. The third kappa shape index (κ3) is 5.07. The minimum Gasteiger partial charge on any atom is -0.423 e. The summed E-state index contributed by atoms with van der Waals surface area (Å²) in [5.74, 6) is -0.467. The SMILES string of the molecule is CC(=O)Oc1ccc(/C=C(/C)c2ccc3c(c2)C(C)(C)CCC3(C)C)cc1OC(C)=O. The van der Waals surface area contributed by atoms with E-state index in [2.05, 4.69) is 52.8 Å². The Morgan fingerprint density at radius 3 is 1.97 bits per heavy atom. The molecule has 0 heterocycles. The predicted octanol–water partition coefficient (Wildman–Crippen LogP) is 6.45. The molecule has 31 heavy (non-hydrogen) atoms. The zero-order chi connectivity index (χ0) is 23.0. The number of carbonyl (C=O) groups excluding carboxylic acids is 2. The molecule has 0 saturated heterocycles. The fraction of sp³-hybridized carbons (Fsp3) is 0.407. The molecule has 0 spiro atoms. The maximum atomic E-state index is 11.5. The summed E-state index contributed by atoms with van der Waals surface area (Å²) < 4.78 is 10.4. The van der Waals surface area contributed by atoms with Gasteiger partial charge in [-0.1, -0.05) is 58.0 Å². The van der Waals surface area contributed by atoms with E-state index in [9.17, 15) is 9.59 Å². The Kier molecular flexibility index (Phi) is 6.13. The largest absolute Gasteiger partial charge is 0.423 e. The smallest absolute Gasteiger partial charge is 0.308 e. The van der Waals surface area contributed by atoms with Crippen LogP contribution in [0.15, 0.2) is 36.4 Å². The lowest BCUT2D eigenvalue weighted by Crippen LogP contribution is -2.33. The van der Waals surface area contributed by atoms with Crippen LogP contribution in [-0.4, -0.2) is 11.9 Å². The number of allylic oxidation sites excluding steroid dienone is 1. The number of hydrogen-bond donors (Lipinski definition) is 0. The van der Waals surface area contributed by atoms with Crippen molar-refractivity contribution in [2.45, 2.75) is 72.1 Å². The second-order valence-electron chi connectivity index (χ2n) is 9.75. The van der Waals surface area contributed by atoms with E-state index in [0.29, 0.717) is 0 Å². The molecule has 0 bridgehead atoms. The van der Waals surface area contributed by atoms with Gasteiger partial charge in [0.2, 0.25) is 0 Å². The fourth-order valence-electron chi connectivity index (χ4n) is 4.26. The zero-order valence-corrected chi connectivity index (χ0v) is 19.6. The Bertz CT molecular complexity index is 1060. The maximum absolute atomic E-state index is 11.5. The minimum atomic E-state index is -0.467. The Morgan fingerprint density at radius 1 is 0.774 bits per heavy atom. The van der Waals surface area contributed by atoms with Crippen molar-refractivity contribution in [2.24, 2.45) is 0 Å². The Labute approximate surface area is 185 Å². The summed E-state index contributed by atoms with van der Waals surface area (Å²) in [4.78, 5) is 22.8. The predicted molar refractivity (Wildman–Crippen MR) is 124 cm³/mol. The molecule has 2 aromatic carbocycles. The number of rotatable bonds is 4. The van der Waals surface area contributed by atoms with Gasteiger partial charge in [0.1, 0.15) is 0 Å². The van der Waals surface area contributed by atoms with Crippen LogP contribution in [-0.2, 0) is 20.4 Å². The van der Waals surface area contributed by atoms with Crippen LogP contribution < -0.4 is 9.47 Å². The first-order valence-electron chi connectivity index (χ1n) is 10.7. The molecule has 2 aromatic rings. The molecule has 0 aliphatic heterocycles. The monoisotopic (exact) mass is 420 g/mol. The topological polar surface area (TPSA) is 52.6 Å². The normalized spacial score (nSPS) is 16.9. The average Bonchev–Trinajstić information content (AvgIpc) is 2.66. The maximum Gasteiger partial charge on any atom is 0.308 e. The molecule has 0 unspecified atom stereocenters. The zero-order valence-electron chi connectivity index (χ0n) is 19.6. The molecule has 0 aromatic heterocycles. The number of esters is 2. The van der Waals surface area contributed by atoms with Crippen LogP contribution in [0.4, 0.5) is 0 Å². The van der Waals surface area contributed by atoms with Crippen LogP contribution in [0.3, 0.4) is 0 Å². The van der Waals surface area contributed by atoms with Gasteiger partial charge in [0.05, 0.1) is 0 Å². The van der Waals surface area contributed by atoms with E-state index in [-0.39, 0.29) is 22.3 Å². The number of fused-ring (bicyclic) bond motifs is 1. The highest BCUT2D eigenvalue weighted by molar-refractivity contribution is 5.82. The summed E-state index contributed by atoms with van der Waals surface area (Å²) in [5, 5.41) is 0. The minimum absolute atomic E-state index is 0.148. The molecule has 0 saturated carbocycles. The third-order valence-corrected chi connectivity index (χ3v) is 6.17. The molecule has 4 nitrogen and oxygen atoms in total. The average molecular weight is 421 g/mol. The van der Waals surface area contributed by atoms with Crippen molar-refractivity contribution in [3.63, 3.8) is 0 Å². The van der Waals surface area contributed by atoms with Crippen molar-refractivity contribution in [2.75, 3.05) is 0 Å². The molecule has 4 heteroatoms. The van der Waals surface area contributed by atoms with Gasteiger partial charge in [0, 0.05) is 13.8 Å². The van der Waals surface area contributed by atoms with E-state index < -0.39 is 11.9 Å². The molecule has 3 rings (SSSR count). The van der Waals surface area contributed by atoms with Crippen molar-refractivity contribution in [3.05, 3.63) is 58.7 Å². The number of carbonyl (C=O) groups is 2. The van der Waals surface area contributed by atoms with Gasteiger partial charge in [-0.2, -0.15) is 0 Å². The molecule has 0 amide bonds. The van der Waals surface area contributed by atoms with Gasteiger partial charge in [-0.15, -0.1) is 0 Å². The van der Waals surface area contributed by atoms with E-state index in [1.54, 1.807) is 12.1 Å². The Morgan fingerprint density at radius 2 is 1.35 bits per heavy atom. The molecule has 0 radical (unpaired) electrons. The summed E-state index contributed by atoms with van der Waals surface area (Å²) in [6, 6.07) is 12.0. The summed E-state index contributed by atoms with van der Waals surface area (Å²) >= 11 is 0. The van der Waals surface area contributed by atoms with Crippen LogP contribution >= 0.6 is 0 Å². The van der Waals surface area contributed by atoms with E-state index in [1.165, 1.54) is 43.4 Å². The highest BCUT2D eigenvalue weighted by Gasteiger charge is 2.36. The molecular weight excluding hydrogens is 388 g/mol. The molecular formula is C27H32O4. The Balaban J connectivity index is 2.00. The van der Waals surface area contributed by atoms with E-state index in [4.69, 9.17) is 9.47 Å². The number of ether oxygens (including phenoxy) is 2. The second-order valence-corrected chi connectivity index (χ2v) is 9.75. The Hall–Kier alpha value is -2.88. The van der Waals surface area contributed by atoms with Gasteiger partial charge in [-0.25, -0.2) is 0 Å². The molecule has 1 aliphatic carbocycles. The van der Waals surface area contributed by atoms with Gasteiger partial charge >= 0.3 is 11.9 Å². The highest BCUT2D eigenvalue weighted by atomic mass is 16.6. The molecule has 0 atom stereocenters. The third-order valence-electron chi connectivity index (χ3n) is 6.17. The second kappa shape index (κ2) is 8.33. The van der Waals surface area contributed by atoms with Crippen LogP contribution in [0.1, 0.15) is 83.6 Å². The van der Waals surface area contributed by atoms with Crippen LogP contribution in [0.5, 0.6) is 11.5 Å². The number of hydrogen-bond acceptors (Lipinski definition) is 4. The lowest BCUT2D eigenvalue weighted by Gasteiger charge is -2.42. The quantitative estimate of drug-likeness (QED) is 0.324. The fourth-order valence-corrected chi connectivity index (χ4v) is 4.26. The van der Waals surface area contributed by atoms with Crippen LogP contribution in [0.25, 0.3) is 11.6 Å². The van der Waals surface area contributed by atoms with Crippen LogP contribution in [0, 0.1) is 0 Å². The van der Waals surface area contributed by atoms with Gasteiger partial charge in [-0.3, -0.25) is 9.59 Å². The van der Waals surface area contributed by atoms with Crippen molar-refractivity contribution in [1.29, 1.82) is 0 Å². The lowest BCUT2D eigenvalue weighted by molar-refractivity contribution is -0.134. The molecule has 1 aliphatic rings. The summed E-state index contributed by atoms with van der Waals surface area (Å²) in [6.45, 7) is 14.0. The first kappa shape index (κ1) is 22.8. The van der Waals surface area contributed by atoms with Crippen LogP contribution in [0.2, 0.25) is 0 Å². The van der Waals surface area contributed by atoms with E-state index >= 15 is 0 Å². The van der Waals surface area contributed by atoms with Crippen molar-refractivity contribution < 1.29 is 19.1 Å². The van der Waals surface area contributed by atoms with Crippen molar-refractivity contribution in [1.82, 2.24) is 0 Å². The first-order valence-corrected chi connectivity index (χ1v) is 10.7. The van der Waals surface area contributed by atoms with Gasteiger partial charge < -0.3 is 9.47 Å². The lowest BCUT2D eigenvalue weighted by atomic mass is 9.63. The van der Waals surface area contributed by atoms with E-state index in [0.717, 1.165) is 11.1 Å². The van der Waals surface area contributed by atoms with Crippen molar-refractivity contribution in [3.8, 4) is 11.5 Å². The summed E-state index contributed by atoms with van der Waals surface area (Å²) in [5.41, 5.74) is 6.32. The van der Waals surface area contributed by atoms with Gasteiger partial charge in [0.25, 0.3) is 0 Å². The summed E-state index contributed by atoms with van der Waals surface area (Å²) in [7, 11) is 0. The number of benzene rings is 2. The summed E-state index contributed by atoms with van der Waals surface area (Å²) in [6.07, 6.45) is 4.41. The van der Waals surface area contributed by atoms with Crippen molar-refractivity contribution >= 4 is 23.6 Å². The highest BCUT2D eigenvalue weighted by Crippen LogP contribution is 2.46. The van der Waals surface area contributed by atoms with E-state index in [1.807, 2.05) is 12.1 Å². The van der Waals surface area contributed by atoms with Gasteiger partial charge in [0.15, 0.2) is 11.5 Å². The first-order chi connectivity index (χ1) is 14.4.